The topological polar surface area (TPSA) is 104 Å². The van der Waals surface area contributed by atoms with Crippen LogP contribution in [0.25, 0.3) is 0 Å². The quantitative estimate of drug-likeness (QED) is 0.628. The monoisotopic (exact) mass is 360 g/mol. The van der Waals surface area contributed by atoms with E-state index in [-0.39, 0.29) is 41.4 Å². The van der Waals surface area contributed by atoms with E-state index in [0.29, 0.717) is 25.9 Å². The molecular weight excluding hydrogens is 340 g/mol. The zero-order valence-electron chi connectivity index (χ0n) is 14.4. The van der Waals surface area contributed by atoms with E-state index in [9.17, 15) is 19.2 Å². The molecule has 2 fully saturated rings. The lowest BCUT2D eigenvalue weighted by molar-refractivity contribution is -0.147. The van der Waals surface area contributed by atoms with Crippen molar-refractivity contribution in [2.45, 2.75) is 25.3 Å². The summed E-state index contributed by atoms with van der Waals surface area (Å²) in [4.78, 5) is 50.9. The maximum atomic E-state index is 12.8. The minimum Gasteiger partial charge on any atom is -0.478 e. The van der Waals surface area contributed by atoms with Gasteiger partial charge in [-0.3, -0.25) is 19.3 Å². The number of likely N-dealkylation sites (tertiary alicyclic amines) is 1. The summed E-state index contributed by atoms with van der Waals surface area (Å²) in [6.45, 7) is 1.07. The summed E-state index contributed by atoms with van der Waals surface area (Å²) in [5.74, 6) is -2.24. The normalized spacial score (nSPS) is 21.9. The van der Waals surface area contributed by atoms with Gasteiger partial charge < -0.3 is 9.84 Å². The molecule has 1 aromatic carbocycles. The fourth-order valence-electron chi connectivity index (χ4n) is 3.56. The molecule has 0 radical (unpaired) electrons. The molecule has 1 unspecified atom stereocenters. The largest absolute Gasteiger partial charge is 0.478 e. The molecule has 26 heavy (non-hydrogen) atoms. The molecule has 8 nitrogen and oxygen atoms in total. The number of carbonyl (C=O) groups is 4. The van der Waals surface area contributed by atoms with Crippen LogP contribution in [0.4, 0.5) is 5.69 Å². The van der Waals surface area contributed by atoms with E-state index in [2.05, 4.69) is 0 Å². The molecule has 2 saturated heterocycles. The van der Waals surface area contributed by atoms with Crippen molar-refractivity contribution in [2.75, 3.05) is 25.1 Å². The van der Waals surface area contributed by atoms with Crippen molar-refractivity contribution in [3.63, 3.8) is 0 Å². The molecule has 8 heteroatoms. The molecule has 2 heterocycles. The number of carboxylic acid groups (broad SMARTS) is 1. The van der Waals surface area contributed by atoms with Crippen LogP contribution < -0.4 is 4.90 Å². The predicted octanol–water partition coefficient (Wildman–Crippen LogP) is 0.902. The fourth-order valence-corrected chi connectivity index (χ4v) is 3.56. The molecule has 0 spiro atoms. The summed E-state index contributed by atoms with van der Waals surface area (Å²) < 4.78 is 4.76. The first-order valence-electron chi connectivity index (χ1n) is 8.44. The van der Waals surface area contributed by atoms with Crippen LogP contribution in [0.1, 0.15) is 29.6 Å². The molecule has 2 amide bonds. The second-order valence-corrected chi connectivity index (χ2v) is 6.48. The van der Waals surface area contributed by atoms with E-state index >= 15 is 0 Å². The first-order valence-corrected chi connectivity index (χ1v) is 8.44. The van der Waals surface area contributed by atoms with Crippen molar-refractivity contribution in [3.8, 4) is 0 Å². The average molecular weight is 360 g/mol. The molecule has 0 bridgehead atoms. The highest BCUT2D eigenvalue weighted by Crippen LogP contribution is 2.29. The summed E-state index contributed by atoms with van der Waals surface area (Å²) in [6.07, 6.45) is 1.22. The third-order valence-electron chi connectivity index (χ3n) is 4.98. The van der Waals surface area contributed by atoms with Crippen LogP contribution in [0.3, 0.4) is 0 Å². The van der Waals surface area contributed by atoms with Gasteiger partial charge in [0.05, 0.1) is 36.7 Å². The number of ether oxygens (including phenoxy) is 1. The van der Waals surface area contributed by atoms with Gasteiger partial charge in [-0.25, -0.2) is 9.69 Å². The number of hydrogen-bond donors (Lipinski definition) is 1. The number of rotatable bonds is 4. The Labute approximate surface area is 150 Å². The first kappa shape index (κ1) is 18.1. The van der Waals surface area contributed by atoms with Crippen LogP contribution in [-0.4, -0.2) is 60.0 Å². The van der Waals surface area contributed by atoms with E-state index < -0.39 is 12.0 Å². The van der Waals surface area contributed by atoms with Gasteiger partial charge in [0.2, 0.25) is 5.91 Å². The number of esters is 1. The van der Waals surface area contributed by atoms with Crippen molar-refractivity contribution in [1.29, 1.82) is 0 Å². The third kappa shape index (κ3) is 3.32. The lowest BCUT2D eigenvalue weighted by atomic mass is 9.95. The molecule has 0 aliphatic carbocycles. The molecule has 2 aliphatic rings. The summed E-state index contributed by atoms with van der Waals surface area (Å²) in [7, 11) is 1.36. The summed E-state index contributed by atoms with van der Waals surface area (Å²) in [5, 5.41) is 9.10. The summed E-state index contributed by atoms with van der Waals surface area (Å²) in [5.41, 5.74) is 0.289. The Balaban J connectivity index is 1.73. The van der Waals surface area contributed by atoms with Gasteiger partial charge in [-0.15, -0.1) is 0 Å². The van der Waals surface area contributed by atoms with E-state index in [4.69, 9.17) is 9.84 Å². The van der Waals surface area contributed by atoms with Gasteiger partial charge in [0.1, 0.15) is 0 Å². The summed E-state index contributed by atoms with van der Waals surface area (Å²) >= 11 is 0. The SMILES string of the molecule is COC(=O)C1CCN(C2CC(=O)N(c3cccc(C(=O)O)c3)C2=O)CC1. The van der Waals surface area contributed by atoms with Gasteiger partial charge in [0.15, 0.2) is 0 Å². The number of carboxylic acids is 1. The molecular formula is C18H20N2O6. The molecule has 0 saturated carbocycles. The van der Waals surface area contributed by atoms with Crippen molar-refractivity contribution in [1.82, 2.24) is 4.90 Å². The number of carbonyl (C=O) groups excluding carboxylic acids is 3. The Hall–Kier alpha value is -2.74. The highest BCUT2D eigenvalue weighted by molar-refractivity contribution is 6.22. The predicted molar refractivity (Wildman–Crippen MR) is 90.6 cm³/mol. The molecule has 2 aliphatic heterocycles. The van der Waals surface area contributed by atoms with E-state index in [1.807, 2.05) is 4.90 Å². The lowest BCUT2D eigenvalue weighted by Crippen LogP contribution is -2.47. The number of piperidine rings is 1. The Morgan fingerprint density at radius 3 is 2.50 bits per heavy atom. The highest BCUT2D eigenvalue weighted by atomic mass is 16.5. The minimum atomic E-state index is -1.12. The molecule has 138 valence electrons. The molecule has 1 aromatic rings. The standard InChI is InChI=1S/C18H20N2O6/c1-26-18(25)11-5-7-19(8-6-11)14-10-15(21)20(16(14)22)13-4-2-3-12(9-13)17(23)24/h2-4,9,11,14H,5-8,10H2,1H3,(H,23,24). The maximum absolute atomic E-state index is 12.8. The van der Waals surface area contributed by atoms with Crippen molar-refractivity contribution < 1.29 is 29.0 Å². The zero-order valence-corrected chi connectivity index (χ0v) is 14.4. The Kier molecular flexibility index (Phi) is 5.03. The molecule has 1 N–H and O–H groups in total. The zero-order chi connectivity index (χ0) is 18.8. The van der Waals surface area contributed by atoms with Crippen molar-refractivity contribution >= 4 is 29.4 Å². The number of hydrogen-bond acceptors (Lipinski definition) is 6. The number of aromatic carboxylic acids is 1. The van der Waals surface area contributed by atoms with Gasteiger partial charge in [0, 0.05) is 0 Å². The van der Waals surface area contributed by atoms with Gasteiger partial charge in [0.25, 0.3) is 5.91 Å². The van der Waals surface area contributed by atoms with Crippen LogP contribution in [-0.2, 0) is 19.1 Å². The van der Waals surface area contributed by atoms with Gasteiger partial charge in [-0.1, -0.05) is 6.07 Å². The van der Waals surface area contributed by atoms with E-state index in [0.717, 1.165) is 4.90 Å². The Bertz CT molecular complexity index is 754. The second kappa shape index (κ2) is 7.25. The number of nitrogens with zero attached hydrogens (tertiary/aromatic N) is 2. The second-order valence-electron chi connectivity index (χ2n) is 6.48. The number of benzene rings is 1. The number of imide groups is 1. The van der Waals surface area contributed by atoms with Crippen LogP contribution >= 0.6 is 0 Å². The first-order chi connectivity index (χ1) is 12.4. The van der Waals surface area contributed by atoms with Gasteiger partial charge >= 0.3 is 11.9 Å². The summed E-state index contributed by atoms with van der Waals surface area (Å²) in [6, 6.07) is 5.22. The smallest absolute Gasteiger partial charge is 0.335 e. The van der Waals surface area contributed by atoms with Crippen LogP contribution in [0.2, 0.25) is 0 Å². The highest BCUT2D eigenvalue weighted by Gasteiger charge is 2.44. The van der Waals surface area contributed by atoms with Crippen molar-refractivity contribution in [3.05, 3.63) is 29.8 Å². The van der Waals surface area contributed by atoms with Crippen LogP contribution in [0, 0.1) is 5.92 Å². The van der Waals surface area contributed by atoms with Gasteiger partial charge in [-0.2, -0.15) is 0 Å². The van der Waals surface area contributed by atoms with E-state index in [1.165, 1.54) is 25.3 Å². The number of amides is 2. The Morgan fingerprint density at radius 1 is 1.19 bits per heavy atom. The fraction of sp³-hybridized carbons (Fsp3) is 0.444. The molecule has 3 rings (SSSR count). The van der Waals surface area contributed by atoms with Crippen LogP contribution in [0.15, 0.2) is 24.3 Å². The van der Waals surface area contributed by atoms with E-state index in [1.54, 1.807) is 6.07 Å². The average Bonchev–Trinajstić information content (AvgIpc) is 2.95. The Morgan fingerprint density at radius 2 is 1.88 bits per heavy atom. The molecule has 1 atom stereocenters. The third-order valence-corrected chi connectivity index (χ3v) is 4.98. The minimum absolute atomic E-state index is 0.0189. The van der Waals surface area contributed by atoms with Crippen LogP contribution in [0.5, 0.6) is 0 Å². The maximum Gasteiger partial charge on any atom is 0.335 e. The number of anilines is 1. The van der Waals surface area contributed by atoms with Gasteiger partial charge in [-0.05, 0) is 44.1 Å². The van der Waals surface area contributed by atoms with Crippen molar-refractivity contribution in [2.24, 2.45) is 5.92 Å². The lowest BCUT2D eigenvalue weighted by Gasteiger charge is -2.33. The molecule has 0 aromatic heterocycles. The number of methoxy groups -OCH3 is 1.